The lowest BCUT2D eigenvalue weighted by Gasteiger charge is -2.36. The summed E-state index contributed by atoms with van der Waals surface area (Å²) in [7, 11) is -3.70. The highest BCUT2D eigenvalue weighted by atomic mass is 32.2. The Morgan fingerprint density at radius 3 is 2.06 bits per heavy atom. The molecule has 0 bridgehead atoms. The van der Waals surface area contributed by atoms with Gasteiger partial charge in [0.2, 0.25) is 0 Å². The normalized spacial score (nSPS) is 15.3. The fourth-order valence-corrected chi connectivity index (χ4v) is 4.16. The van der Waals surface area contributed by atoms with E-state index in [0.29, 0.717) is 5.69 Å². The Labute approximate surface area is 198 Å². The Bertz CT molecular complexity index is 1160. The van der Waals surface area contributed by atoms with Gasteiger partial charge in [-0.25, -0.2) is 8.42 Å². The Hall–Kier alpha value is -2.96. The number of amides is 1. The number of halogens is 6. The number of alkyl halides is 6. The van der Waals surface area contributed by atoms with Gasteiger partial charge in [0.05, 0.1) is 29.1 Å². The summed E-state index contributed by atoms with van der Waals surface area (Å²) < 4.78 is 105. The number of carbonyl (C=O) groups is 1. The van der Waals surface area contributed by atoms with Crippen LogP contribution in [-0.2, 0) is 16.0 Å². The van der Waals surface area contributed by atoms with E-state index < -0.39 is 46.7 Å². The summed E-state index contributed by atoms with van der Waals surface area (Å²) in [6, 6.07) is 7.98. The number of hydrogen-bond acceptors (Lipinski definition) is 5. The van der Waals surface area contributed by atoms with Crippen molar-refractivity contribution in [1.82, 2.24) is 4.90 Å². The molecule has 0 radical (unpaired) electrons. The molecule has 1 aliphatic rings. The second kappa shape index (κ2) is 9.96. The third-order valence-corrected chi connectivity index (χ3v) is 6.49. The number of ether oxygens (including phenoxy) is 1. The van der Waals surface area contributed by atoms with Gasteiger partial charge in [-0.05, 0) is 42.5 Å². The monoisotopic (exact) mass is 524 g/mol. The van der Waals surface area contributed by atoms with Crippen molar-refractivity contribution in [2.24, 2.45) is 0 Å². The van der Waals surface area contributed by atoms with Crippen LogP contribution in [0.1, 0.15) is 22.3 Å². The van der Waals surface area contributed by atoms with Gasteiger partial charge in [-0.15, -0.1) is 0 Å². The third-order valence-electron chi connectivity index (χ3n) is 5.38. The maximum absolute atomic E-state index is 13.1. The summed E-state index contributed by atoms with van der Waals surface area (Å²) >= 11 is 0. The Morgan fingerprint density at radius 2 is 1.54 bits per heavy atom. The maximum atomic E-state index is 13.1. The van der Waals surface area contributed by atoms with Gasteiger partial charge in [0, 0.05) is 38.1 Å². The zero-order valence-electron chi connectivity index (χ0n) is 18.5. The smallest absolute Gasteiger partial charge is 0.416 e. The first-order chi connectivity index (χ1) is 16.1. The predicted molar refractivity (Wildman–Crippen MR) is 115 cm³/mol. The molecule has 192 valence electrons. The SMILES string of the molecule is CS(=O)(=O)c1ccc(OCCC(F)(F)F)c(C(=O)N2CCN(c3ccc(C(F)(F)F)cc3)CC2)c1. The Balaban J connectivity index is 1.74. The lowest BCUT2D eigenvalue weighted by Crippen LogP contribution is -2.48. The van der Waals surface area contributed by atoms with E-state index in [4.69, 9.17) is 4.74 Å². The van der Waals surface area contributed by atoms with Crippen LogP contribution in [0.3, 0.4) is 0 Å². The molecule has 35 heavy (non-hydrogen) atoms. The quantitative estimate of drug-likeness (QED) is 0.524. The minimum Gasteiger partial charge on any atom is -0.492 e. The molecule has 0 aliphatic carbocycles. The number of nitrogens with zero attached hydrogens (tertiary/aromatic N) is 2. The van der Waals surface area contributed by atoms with Crippen molar-refractivity contribution >= 4 is 21.4 Å². The van der Waals surface area contributed by atoms with Gasteiger partial charge in [-0.2, -0.15) is 26.3 Å². The highest BCUT2D eigenvalue weighted by molar-refractivity contribution is 7.90. The molecule has 1 heterocycles. The zero-order valence-corrected chi connectivity index (χ0v) is 19.3. The molecule has 6 nitrogen and oxygen atoms in total. The molecular formula is C22H22F6N2O4S. The summed E-state index contributed by atoms with van der Waals surface area (Å²) in [5, 5.41) is 0. The third kappa shape index (κ3) is 7.03. The van der Waals surface area contributed by atoms with E-state index in [2.05, 4.69) is 0 Å². The standard InChI is InChI=1S/C22H22F6N2O4S/c1-35(32,33)17-6-7-19(34-13-8-21(23,24)25)18(14-17)20(31)30-11-9-29(10-12-30)16-4-2-15(3-5-16)22(26,27)28/h2-7,14H,8-13H2,1H3. The average Bonchev–Trinajstić information content (AvgIpc) is 2.77. The van der Waals surface area contributed by atoms with Gasteiger partial charge in [0.15, 0.2) is 9.84 Å². The van der Waals surface area contributed by atoms with Crippen molar-refractivity contribution in [2.75, 3.05) is 43.9 Å². The number of sulfone groups is 1. The number of carbonyl (C=O) groups excluding carboxylic acids is 1. The van der Waals surface area contributed by atoms with Crippen molar-refractivity contribution in [3.63, 3.8) is 0 Å². The molecule has 1 amide bonds. The lowest BCUT2D eigenvalue weighted by atomic mass is 10.1. The van der Waals surface area contributed by atoms with Crippen LogP contribution in [0, 0.1) is 0 Å². The molecule has 1 aliphatic heterocycles. The van der Waals surface area contributed by atoms with Crippen molar-refractivity contribution < 1.29 is 44.3 Å². The first-order valence-corrected chi connectivity index (χ1v) is 12.3. The van der Waals surface area contributed by atoms with Crippen LogP contribution >= 0.6 is 0 Å². The molecule has 1 saturated heterocycles. The Kier molecular flexibility index (Phi) is 7.58. The van der Waals surface area contributed by atoms with E-state index >= 15 is 0 Å². The summed E-state index contributed by atoms with van der Waals surface area (Å²) in [5.74, 6) is -0.790. The molecule has 0 N–H and O–H groups in total. The van der Waals surface area contributed by atoms with Crippen LogP contribution < -0.4 is 9.64 Å². The molecule has 1 fully saturated rings. The van der Waals surface area contributed by atoms with Gasteiger partial charge in [0.25, 0.3) is 5.91 Å². The van der Waals surface area contributed by atoms with E-state index in [1.165, 1.54) is 17.0 Å². The molecule has 13 heteroatoms. The first kappa shape index (κ1) is 26.6. The molecule has 2 aromatic rings. The van der Waals surface area contributed by atoms with E-state index in [1.54, 1.807) is 4.90 Å². The van der Waals surface area contributed by atoms with Crippen molar-refractivity contribution in [3.05, 3.63) is 53.6 Å². The van der Waals surface area contributed by atoms with Crippen LogP contribution in [0.5, 0.6) is 5.75 Å². The molecule has 0 saturated carbocycles. The summed E-state index contributed by atoms with van der Waals surface area (Å²) in [6.45, 7) is 0.139. The summed E-state index contributed by atoms with van der Waals surface area (Å²) in [6.07, 6.45) is -9.24. The topological polar surface area (TPSA) is 66.9 Å². The largest absolute Gasteiger partial charge is 0.492 e. The van der Waals surface area contributed by atoms with E-state index in [1.807, 2.05) is 0 Å². The van der Waals surface area contributed by atoms with Crippen molar-refractivity contribution in [1.29, 1.82) is 0 Å². The number of anilines is 1. The molecule has 0 atom stereocenters. The zero-order chi connectivity index (χ0) is 26.0. The maximum Gasteiger partial charge on any atom is 0.416 e. The van der Waals surface area contributed by atoms with Crippen molar-refractivity contribution in [3.8, 4) is 5.75 Å². The van der Waals surface area contributed by atoms with Crippen LogP contribution in [0.4, 0.5) is 32.0 Å². The van der Waals surface area contributed by atoms with E-state index in [-0.39, 0.29) is 42.4 Å². The number of rotatable bonds is 6. The van der Waals surface area contributed by atoms with Crippen LogP contribution in [0.25, 0.3) is 0 Å². The van der Waals surface area contributed by atoms with Gasteiger partial charge in [-0.1, -0.05) is 0 Å². The minimum atomic E-state index is -4.47. The lowest BCUT2D eigenvalue weighted by molar-refractivity contribution is -0.139. The second-order valence-corrected chi connectivity index (χ2v) is 9.98. The molecule has 0 spiro atoms. The number of benzene rings is 2. The van der Waals surface area contributed by atoms with Gasteiger partial charge < -0.3 is 14.5 Å². The molecule has 0 unspecified atom stereocenters. The fraction of sp³-hybridized carbons (Fsp3) is 0.409. The van der Waals surface area contributed by atoms with E-state index in [0.717, 1.165) is 36.6 Å². The second-order valence-electron chi connectivity index (χ2n) is 7.97. The highest BCUT2D eigenvalue weighted by Gasteiger charge is 2.31. The van der Waals surface area contributed by atoms with Gasteiger partial charge in [0.1, 0.15) is 5.75 Å². The number of piperazine rings is 1. The van der Waals surface area contributed by atoms with Crippen molar-refractivity contribution in [2.45, 2.75) is 23.7 Å². The minimum absolute atomic E-state index is 0.158. The van der Waals surface area contributed by atoms with Crippen LogP contribution in [0.15, 0.2) is 47.4 Å². The average molecular weight is 524 g/mol. The first-order valence-electron chi connectivity index (χ1n) is 10.4. The fourth-order valence-electron chi connectivity index (χ4n) is 3.51. The highest BCUT2D eigenvalue weighted by Crippen LogP contribution is 2.31. The van der Waals surface area contributed by atoms with E-state index in [9.17, 15) is 39.6 Å². The molecule has 3 rings (SSSR count). The molecule has 2 aromatic carbocycles. The predicted octanol–water partition coefficient (Wildman–Crippen LogP) is 4.40. The number of hydrogen-bond donors (Lipinski definition) is 0. The Morgan fingerprint density at radius 1 is 0.943 bits per heavy atom. The van der Waals surface area contributed by atoms with Crippen LogP contribution in [0.2, 0.25) is 0 Å². The van der Waals surface area contributed by atoms with Gasteiger partial charge >= 0.3 is 12.4 Å². The summed E-state index contributed by atoms with van der Waals surface area (Å²) in [5.41, 5.74) is -0.419. The van der Waals surface area contributed by atoms with Gasteiger partial charge in [-0.3, -0.25) is 4.79 Å². The van der Waals surface area contributed by atoms with Crippen LogP contribution in [-0.4, -0.2) is 64.4 Å². The molecular weight excluding hydrogens is 502 g/mol. The summed E-state index contributed by atoms with van der Waals surface area (Å²) in [4.78, 5) is 16.1. The molecule has 0 aromatic heterocycles.